The molecule has 39 heavy (non-hydrogen) atoms. The van der Waals surface area contributed by atoms with E-state index in [-0.39, 0.29) is 0 Å². The third-order valence-electron chi connectivity index (χ3n) is 7.89. The summed E-state index contributed by atoms with van der Waals surface area (Å²) in [7, 11) is 0. The number of likely N-dealkylation sites (tertiary alicyclic amines) is 1. The number of nitrogens with zero attached hydrogens (tertiary/aromatic N) is 3. The molecule has 2 aromatic heterocycles. The predicted octanol–water partition coefficient (Wildman–Crippen LogP) is 6.93. The molecule has 2 aliphatic rings. The highest BCUT2D eigenvalue weighted by Crippen LogP contribution is 2.26. The molecule has 1 aliphatic heterocycles. The lowest BCUT2D eigenvalue weighted by Gasteiger charge is -2.26. The average molecular weight is 521 g/mol. The number of nitrogens with one attached hydrogen (secondary N) is 3. The second-order valence-corrected chi connectivity index (χ2v) is 11.0. The van der Waals surface area contributed by atoms with E-state index in [1.165, 1.54) is 50.5 Å². The van der Waals surface area contributed by atoms with E-state index in [2.05, 4.69) is 62.9 Å². The monoisotopic (exact) mass is 520 g/mol. The van der Waals surface area contributed by atoms with E-state index in [1.54, 1.807) is 6.20 Å². The molecule has 0 unspecified atom stereocenters. The standard InChI is InChI=1S/C33H40N6/c1-23-11-12-27(28-17-26(19-35-20-28)22-39-15-7-4-8-16-39)18-31(23)33(34)25(3)38-30-13-14-32(36-21-30)24(2)37-29-9-5-6-10-29/h11-14,17-21,29,34,37-38H,2-10,15-16,22H2,1H3. The van der Waals surface area contributed by atoms with E-state index in [0.717, 1.165) is 59.0 Å². The van der Waals surface area contributed by atoms with Crippen LogP contribution in [0.1, 0.15) is 67.3 Å². The fraction of sp³-hybridized carbons (Fsp3) is 0.364. The summed E-state index contributed by atoms with van der Waals surface area (Å²) in [4.78, 5) is 11.6. The van der Waals surface area contributed by atoms with Crippen molar-refractivity contribution >= 4 is 17.1 Å². The van der Waals surface area contributed by atoms with Crippen molar-refractivity contribution in [1.82, 2.24) is 20.2 Å². The molecule has 3 heterocycles. The minimum Gasteiger partial charge on any atom is -0.381 e. The topological polar surface area (TPSA) is 76.9 Å². The van der Waals surface area contributed by atoms with Crippen LogP contribution in [-0.4, -0.2) is 39.7 Å². The maximum absolute atomic E-state index is 8.90. The van der Waals surface area contributed by atoms with Gasteiger partial charge < -0.3 is 10.6 Å². The minimum absolute atomic E-state index is 0.364. The number of pyridine rings is 2. The van der Waals surface area contributed by atoms with Crippen molar-refractivity contribution in [2.45, 2.75) is 64.5 Å². The first kappa shape index (κ1) is 26.8. The van der Waals surface area contributed by atoms with Crippen LogP contribution in [0, 0.1) is 12.3 Å². The van der Waals surface area contributed by atoms with E-state index in [0.29, 0.717) is 17.5 Å². The number of hydrogen-bond acceptors (Lipinski definition) is 6. The molecule has 6 heteroatoms. The zero-order valence-electron chi connectivity index (χ0n) is 23.1. The molecule has 0 atom stereocenters. The van der Waals surface area contributed by atoms with Crippen molar-refractivity contribution in [2.75, 3.05) is 18.4 Å². The molecule has 202 valence electrons. The van der Waals surface area contributed by atoms with Gasteiger partial charge in [-0.1, -0.05) is 44.6 Å². The van der Waals surface area contributed by atoms with Gasteiger partial charge in [0.2, 0.25) is 0 Å². The normalized spacial score (nSPS) is 16.1. The molecule has 1 saturated heterocycles. The van der Waals surface area contributed by atoms with Gasteiger partial charge in [-0.05, 0) is 86.7 Å². The summed E-state index contributed by atoms with van der Waals surface area (Å²) in [5, 5.41) is 15.7. The van der Waals surface area contributed by atoms with Crippen LogP contribution in [0.15, 0.2) is 73.8 Å². The Balaban J connectivity index is 1.25. The van der Waals surface area contributed by atoms with Crippen molar-refractivity contribution < 1.29 is 0 Å². The third kappa shape index (κ3) is 6.82. The summed E-state index contributed by atoms with van der Waals surface area (Å²) in [6, 6.07) is 12.9. The summed E-state index contributed by atoms with van der Waals surface area (Å²) in [5.41, 5.74) is 8.64. The van der Waals surface area contributed by atoms with Crippen LogP contribution in [0.3, 0.4) is 0 Å². The second kappa shape index (κ2) is 12.4. The first-order valence-corrected chi connectivity index (χ1v) is 14.2. The number of rotatable bonds is 10. The number of hydrogen-bond donors (Lipinski definition) is 3. The first-order chi connectivity index (χ1) is 19.0. The highest BCUT2D eigenvalue weighted by Gasteiger charge is 2.16. The van der Waals surface area contributed by atoms with Crippen LogP contribution in [0.25, 0.3) is 16.8 Å². The Morgan fingerprint density at radius 3 is 2.49 bits per heavy atom. The Morgan fingerprint density at radius 2 is 1.74 bits per heavy atom. The van der Waals surface area contributed by atoms with E-state index >= 15 is 0 Å². The fourth-order valence-electron chi connectivity index (χ4n) is 5.61. The van der Waals surface area contributed by atoms with Crippen LogP contribution in [-0.2, 0) is 6.54 Å². The average Bonchev–Trinajstić information content (AvgIpc) is 3.47. The molecule has 3 N–H and O–H groups in total. The molecular formula is C33H40N6. The predicted molar refractivity (Wildman–Crippen MR) is 162 cm³/mol. The van der Waals surface area contributed by atoms with Crippen LogP contribution in [0.2, 0.25) is 0 Å². The van der Waals surface area contributed by atoms with Crippen molar-refractivity contribution in [2.24, 2.45) is 0 Å². The van der Waals surface area contributed by atoms with E-state index in [1.807, 2.05) is 31.5 Å². The van der Waals surface area contributed by atoms with E-state index in [4.69, 9.17) is 5.41 Å². The second-order valence-electron chi connectivity index (χ2n) is 11.0. The lowest BCUT2D eigenvalue weighted by Crippen LogP contribution is -2.29. The highest BCUT2D eigenvalue weighted by molar-refractivity contribution is 6.13. The summed E-state index contributed by atoms with van der Waals surface area (Å²) >= 11 is 0. The number of aromatic nitrogens is 2. The van der Waals surface area contributed by atoms with E-state index < -0.39 is 0 Å². The van der Waals surface area contributed by atoms with Crippen molar-refractivity contribution in [3.05, 3.63) is 96.2 Å². The fourth-order valence-corrected chi connectivity index (χ4v) is 5.61. The Morgan fingerprint density at radius 1 is 0.949 bits per heavy atom. The van der Waals surface area contributed by atoms with Crippen LogP contribution >= 0.6 is 0 Å². The number of benzene rings is 1. The summed E-state index contributed by atoms with van der Waals surface area (Å²) < 4.78 is 0. The zero-order chi connectivity index (χ0) is 27.2. The van der Waals surface area contributed by atoms with Gasteiger partial charge in [0.25, 0.3) is 0 Å². The van der Waals surface area contributed by atoms with Crippen molar-refractivity contribution in [1.29, 1.82) is 5.41 Å². The quantitative estimate of drug-likeness (QED) is 0.253. The molecule has 0 amide bonds. The minimum atomic E-state index is 0.364. The third-order valence-corrected chi connectivity index (χ3v) is 7.89. The smallest absolute Gasteiger partial charge is 0.0856 e. The van der Waals surface area contributed by atoms with Gasteiger partial charge in [-0.25, -0.2) is 0 Å². The molecule has 3 aromatic rings. The Labute approximate surface area is 232 Å². The molecule has 5 rings (SSSR count). The molecule has 1 saturated carbocycles. The van der Waals surface area contributed by atoms with Gasteiger partial charge >= 0.3 is 0 Å². The van der Waals surface area contributed by atoms with Crippen molar-refractivity contribution in [3.8, 4) is 11.1 Å². The van der Waals surface area contributed by atoms with Gasteiger partial charge in [-0.15, -0.1) is 0 Å². The van der Waals surface area contributed by atoms with Gasteiger partial charge in [0.15, 0.2) is 0 Å². The van der Waals surface area contributed by atoms with Gasteiger partial charge in [0, 0.05) is 36.1 Å². The maximum atomic E-state index is 8.90. The Kier molecular flexibility index (Phi) is 8.52. The molecular weight excluding hydrogens is 480 g/mol. The van der Waals surface area contributed by atoms with Crippen LogP contribution in [0.4, 0.5) is 5.69 Å². The molecule has 1 aliphatic carbocycles. The summed E-state index contributed by atoms with van der Waals surface area (Å²) in [6.45, 7) is 13.6. The molecule has 2 fully saturated rings. The lowest BCUT2D eigenvalue weighted by molar-refractivity contribution is 0.220. The number of piperidine rings is 1. The first-order valence-electron chi connectivity index (χ1n) is 14.2. The van der Waals surface area contributed by atoms with Crippen LogP contribution < -0.4 is 10.6 Å². The summed E-state index contributed by atoms with van der Waals surface area (Å²) in [5.74, 6) is 0. The number of anilines is 1. The van der Waals surface area contributed by atoms with Crippen LogP contribution in [0.5, 0.6) is 0 Å². The number of aryl methyl sites for hydroxylation is 1. The SMILES string of the molecule is C=C(Nc1ccc(C(=C)NC2CCCC2)nc1)C(=N)c1cc(-c2cncc(CN3CCCCC3)c2)ccc1C. The zero-order valence-corrected chi connectivity index (χ0v) is 23.1. The molecule has 6 nitrogen and oxygen atoms in total. The van der Waals surface area contributed by atoms with Crippen molar-refractivity contribution in [3.63, 3.8) is 0 Å². The van der Waals surface area contributed by atoms with Gasteiger partial charge in [0.05, 0.1) is 34.7 Å². The molecule has 1 aromatic carbocycles. The molecule has 0 bridgehead atoms. The summed E-state index contributed by atoms with van der Waals surface area (Å²) in [6.07, 6.45) is 14.5. The Hall–Kier alpha value is -3.77. The maximum Gasteiger partial charge on any atom is 0.0856 e. The largest absolute Gasteiger partial charge is 0.381 e. The lowest BCUT2D eigenvalue weighted by atomic mass is 9.96. The molecule has 0 radical (unpaired) electrons. The van der Waals surface area contributed by atoms with E-state index in [9.17, 15) is 0 Å². The molecule has 0 spiro atoms. The van der Waals surface area contributed by atoms with Gasteiger partial charge in [0.1, 0.15) is 0 Å². The number of allylic oxidation sites excluding steroid dienone is 1. The van der Waals surface area contributed by atoms with Gasteiger partial charge in [-0.2, -0.15) is 0 Å². The Bertz CT molecular complexity index is 1330. The van der Waals surface area contributed by atoms with Gasteiger partial charge in [-0.3, -0.25) is 20.3 Å². The highest BCUT2D eigenvalue weighted by atomic mass is 15.1.